The largest absolute Gasteiger partial charge is 0.336 e. The van der Waals surface area contributed by atoms with Gasteiger partial charge in [0.05, 0.1) is 0 Å². The molecular weight excluding hydrogens is 368 g/mol. The molecule has 0 radical (unpaired) electrons. The molecule has 2 aromatic rings. The van der Waals surface area contributed by atoms with Crippen molar-refractivity contribution in [3.8, 4) is 0 Å². The van der Waals surface area contributed by atoms with Crippen molar-refractivity contribution in [2.45, 2.75) is 19.9 Å². The van der Waals surface area contributed by atoms with Gasteiger partial charge < -0.3 is 9.80 Å². The molecule has 1 aliphatic heterocycles. The second-order valence-corrected chi connectivity index (χ2v) is 6.83. The summed E-state index contributed by atoms with van der Waals surface area (Å²) in [7, 11) is 0. The Morgan fingerprint density at radius 3 is 2.42 bits per heavy atom. The third kappa shape index (κ3) is 3.67. The number of halogens is 1. The van der Waals surface area contributed by atoms with Crippen molar-refractivity contribution >= 4 is 33.4 Å². The van der Waals surface area contributed by atoms with E-state index in [0.717, 1.165) is 16.6 Å². The topological polar surface area (TPSA) is 40.6 Å². The van der Waals surface area contributed by atoms with Crippen molar-refractivity contribution in [1.29, 1.82) is 0 Å². The SMILES string of the molecule is CC(=O)N(CC(=O)N1CCc2ccccc2C1)c1ccc(Br)cc1. The smallest absolute Gasteiger partial charge is 0.242 e. The van der Waals surface area contributed by atoms with Crippen LogP contribution in [0.4, 0.5) is 5.69 Å². The van der Waals surface area contributed by atoms with Gasteiger partial charge in [-0.15, -0.1) is 0 Å². The molecule has 0 bridgehead atoms. The number of hydrogen-bond acceptors (Lipinski definition) is 2. The zero-order chi connectivity index (χ0) is 17.1. The van der Waals surface area contributed by atoms with Gasteiger partial charge in [-0.25, -0.2) is 0 Å². The molecular formula is C19H19BrN2O2. The van der Waals surface area contributed by atoms with Crippen LogP contribution in [0.2, 0.25) is 0 Å². The summed E-state index contributed by atoms with van der Waals surface area (Å²) < 4.78 is 0.939. The number of anilines is 1. The van der Waals surface area contributed by atoms with Crippen LogP contribution in [0.15, 0.2) is 53.0 Å². The van der Waals surface area contributed by atoms with E-state index in [2.05, 4.69) is 28.1 Å². The van der Waals surface area contributed by atoms with Crippen molar-refractivity contribution in [2.24, 2.45) is 0 Å². The maximum atomic E-state index is 12.7. The summed E-state index contributed by atoms with van der Waals surface area (Å²) >= 11 is 3.38. The lowest BCUT2D eigenvalue weighted by Gasteiger charge is -2.31. The van der Waals surface area contributed by atoms with E-state index in [1.165, 1.54) is 23.0 Å². The third-order valence-electron chi connectivity index (χ3n) is 4.30. The Bertz CT molecular complexity index is 758. The fourth-order valence-electron chi connectivity index (χ4n) is 2.95. The molecule has 0 spiro atoms. The summed E-state index contributed by atoms with van der Waals surface area (Å²) in [5.41, 5.74) is 3.23. The van der Waals surface area contributed by atoms with Crippen molar-refractivity contribution in [3.63, 3.8) is 0 Å². The average Bonchev–Trinajstić information content (AvgIpc) is 2.59. The Balaban J connectivity index is 1.73. The summed E-state index contributed by atoms with van der Waals surface area (Å²) in [6.45, 7) is 2.86. The number of carbonyl (C=O) groups is 2. The van der Waals surface area contributed by atoms with E-state index in [1.54, 1.807) is 0 Å². The van der Waals surface area contributed by atoms with Gasteiger partial charge in [0.1, 0.15) is 6.54 Å². The zero-order valence-electron chi connectivity index (χ0n) is 13.5. The van der Waals surface area contributed by atoms with Crippen LogP contribution < -0.4 is 4.90 Å². The number of benzene rings is 2. The molecule has 1 heterocycles. The number of fused-ring (bicyclic) bond motifs is 1. The lowest BCUT2D eigenvalue weighted by Crippen LogP contribution is -2.44. The van der Waals surface area contributed by atoms with Crippen LogP contribution in [-0.4, -0.2) is 29.8 Å². The maximum absolute atomic E-state index is 12.7. The zero-order valence-corrected chi connectivity index (χ0v) is 15.1. The van der Waals surface area contributed by atoms with Gasteiger partial charge in [-0.05, 0) is 41.8 Å². The minimum Gasteiger partial charge on any atom is -0.336 e. The second-order valence-electron chi connectivity index (χ2n) is 5.92. The lowest BCUT2D eigenvalue weighted by molar-refractivity contribution is -0.132. The molecule has 0 fully saturated rings. The van der Waals surface area contributed by atoms with E-state index in [0.29, 0.717) is 13.1 Å². The number of nitrogens with zero attached hydrogens (tertiary/aromatic N) is 2. The first-order chi connectivity index (χ1) is 11.5. The predicted octanol–water partition coefficient (Wildman–Crippen LogP) is 3.39. The standard InChI is InChI=1S/C19H19BrN2O2/c1-14(23)22(18-8-6-17(20)7-9-18)13-19(24)21-11-10-15-4-2-3-5-16(15)12-21/h2-9H,10-13H2,1H3. The molecule has 0 aromatic heterocycles. The second kappa shape index (κ2) is 7.18. The van der Waals surface area contributed by atoms with E-state index < -0.39 is 0 Å². The Kier molecular flexibility index (Phi) is 5.00. The van der Waals surface area contributed by atoms with E-state index in [9.17, 15) is 9.59 Å². The van der Waals surface area contributed by atoms with Gasteiger partial charge in [-0.3, -0.25) is 9.59 Å². The van der Waals surface area contributed by atoms with Crippen molar-refractivity contribution in [3.05, 3.63) is 64.1 Å². The molecule has 0 saturated carbocycles. The highest BCUT2D eigenvalue weighted by atomic mass is 79.9. The number of carbonyl (C=O) groups excluding carboxylic acids is 2. The summed E-state index contributed by atoms with van der Waals surface area (Å²) in [6, 6.07) is 15.6. The fraction of sp³-hybridized carbons (Fsp3) is 0.263. The van der Waals surface area contributed by atoms with Gasteiger partial charge in [0.15, 0.2) is 0 Å². The van der Waals surface area contributed by atoms with Gasteiger partial charge in [0.25, 0.3) is 0 Å². The maximum Gasteiger partial charge on any atom is 0.242 e. The molecule has 0 saturated heterocycles. The van der Waals surface area contributed by atoms with Crippen LogP contribution in [0.1, 0.15) is 18.1 Å². The first-order valence-electron chi connectivity index (χ1n) is 7.93. The van der Waals surface area contributed by atoms with E-state index in [-0.39, 0.29) is 18.4 Å². The summed E-state index contributed by atoms with van der Waals surface area (Å²) in [5.74, 6) is -0.161. The van der Waals surface area contributed by atoms with Crippen LogP contribution in [0.3, 0.4) is 0 Å². The minimum absolute atomic E-state index is 0.0254. The van der Waals surface area contributed by atoms with Crippen LogP contribution in [0.25, 0.3) is 0 Å². The van der Waals surface area contributed by atoms with E-state index in [1.807, 2.05) is 41.3 Å². The molecule has 1 aliphatic rings. The number of amides is 2. The van der Waals surface area contributed by atoms with Crippen LogP contribution >= 0.6 is 15.9 Å². The fourth-order valence-corrected chi connectivity index (χ4v) is 3.21. The Morgan fingerprint density at radius 2 is 1.75 bits per heavy atom. The average molecular weight is 387 g/mol. The molecule has 0 atom stereocenters. The summed E-state index contributed by atoms with van der Waals surface area (Å²) in [5, 5.41) is 0. The monoisotopic (exact) mass is 386 g/mol. The summed E-state index contributed by atoms with van der Waals surface area (Å²) in [6.07, 6.45) is 0.861. The molecule has 0 unspecified atom stereocenters. The van der Waals surface area contributed by atoms with Gasteiger partial charge in [-0.2, -0.15) is 0 Å². The first kappa shape index (κ1) is 16.7. The highest BCUT2D eigenvalue weighted by molar-refractivity contribution is 9.10. The minimum atomic E-state index is -0.136. The van der Waals surface area contributed by atoms with Gasteiger partial charge in [0, 0.05) is 30.2 Å². The highest BCUT2D eigenvalue weighted by Crippen LogP contribution is 2.21. The number of rotatable bonds is 3. The van der Waals surface area contributed by atoms with Crippen LogP contribution in [0.5, 0.6) is 0 Å². The first-order valence-corrected chi connectivity index (χ1v) is 8.72. The van der Waals surface area contributed by atoms with Gasteiger partial charge >= 0.3 is 0 Å². The van der Waals surface area contributed by atoms with Crippen molar-refractivity contribution in [2.75, 3.05) is 18.0 Å². The third-order valence-corrected chi connectivity index (χ3v) is 4.82. The molecule has 124 valence electrons. The number of hydrogen-bond donors (Lipinski definition) is 0. The van der Waals surface area contributed by atoms with E-state index in [4.69, 9.17) is 0 Å². The molecule has 5 heteroatoms. The molecule has 3 rings (SSSR count). The molecule has 4 nitrogen and oxygen atoms in total. The van der Waals surface area contributed by atoms with Gasteiger partial charge in [-0.1, -0.05) is 40.2 Å². The Morgan fingerprint density at radius 1 is 1.08 bits per heavy atom. The van der Waals surface area contributed by atoms with E-state index >= 15 is 0 Å². The highest BCUT2D eigenvalue weighted by Gasteiger charge is 2.23. The Labute approximate surface area is 150 Å². The van der Waals surface area contributed by atoms with Crippen LogP contribution in [-0.2, 0) is 22.6 Å². The predicted molar refractivity (Wildman–Crippen MR) is 97.7 cm³/mol. The summed E-state index contributed by atoms with van der Waals surface area (Å²) in [4.78, 5) is 28.0. The molecule has 0 aliphatic carbocycles. The molecule has 0 N–H and O–H groups in total. The molecule has 2 aromatic carbocycles. The Hall–Kier alpha value is -2.14. The molecule has 2 amide bonds. The quantitative estimate of drug-likeness (QED) is 0.810. The van der Waals surface area contributed by atoms with Crippen molar-refractivity contribution in [1.82, 2.24) is 4.90 Å². The lowest BCUT2D eigenvalue weighted by atomic mass is 10.00. The normalized spacial score (nSPS) is 13.3. The van der Waals surface area contributed by atoms with Crippen molar-refractivity contribution < 1.29 is 9.59 Å². The molecule has 24 heavy (non-hydrogen) atoms. The van der Waals surface area contributed by atoms with Crippen LogP contribution in [0, 0.1) is 0 Å². The van der Waals surface area contributed by atoms with Gasteiger partial charge in [0.2, 0.25) is 11.8 Å².